The summed E-state index contributed by atoms with van der Waals surface area (Å²) in [5.74, 6) is 0.0981. The molecule has 1 amide bonds. The number of aromatic nitrogens is 3. The van der Waals surface area contributed by atoms with E-state index in [4.69, 9.17) is 5.73 Å². The number of hydrogen-bond donors (Lipinski definition) is 2. The molecule has 1 aromatic carbocycles. The molecule has 6 nitrogen and oxygen atoms in total. The van der Waals surface area contributed by atoms with Crippen molar-refractivity contribution in [1.82, 2.24) is 19.9 Å². The number of H-pyrrole nitrogens is 1. The molecular formula is C17H17N5O. The molecule has 2 aromatic heterocycles. The van der Waals surface area contributed by atoms with Crippen LogP contribution in [0.25, 0.3) is 22.4 Å². The van der Waals surface area contributed by atoms with Gasteiger partial charge in [0.25, 0.3) is 5.91 Å². The first-order valence-corrected chi connectivity index (χ1v) is 7.14. The van der Waals surface area contributed by atoms with Gasteiger partial charge in [0.15, 0.2) is 0 Å². The van der Waals surface area contributed by atoms with Crippen LogP contribution in [0.1, 0.15) is 10.5 Å². The molecule has 0 saturated heterocycles. The molecule has 0 unspecified atom stereocenters. The Hall–Kier alpha value is -3.15. The van der Waals surface area contributed by atoms with E-state index in [1.807, 2.05) is 30.3 Å². The minimum atomic E-state index is -0.0976. The van der Waals surface area contributed by atoms with Crippen LogP contribution in [-0.2, 0) is 0 Å². The van der Waals surface area contributed by atoms with Crippen LogP contribution in [0, 0.1) is 0 Å². The number of benzene rings is 1. The van der Waals surface area contributed by atoms with Crippen LogP contribution >= 0.6 is 0 Å². The fourth-order valence-electron chi connectivity index (χ4n) is 2.34. The largest absolute Gasteiger partial charge is 0.368 e. The summed E-state index contributed by atoms with van der Waals surface area (Å²) in [4.78, 5) is 25.0. The molecule has 0 bridgehead atoms. The van der Waals surface area contributed by atoms with E-state index in [0.29, 0.717) is 11.4 Å². The third kappa shape index (κ3) is 2.91. The third-order valence-corrected chi connectivity index (χ3v) is 3.49. The fourth-order valence-corrected chi connectivity index (χ4v) is 2.34. The fraction of sp³-hybridized carbons (Fsp3) is 0.118. The van der Waals surface area contributed by atoms with Gasteiger partial charge >= 0.3 is 0 Å². The lowest BCUT2D eigenvalue weighted by molar-refractivity contribution is 0.0822. The highest BCUT2D eigenvalue weighted by molar-refractivity contribution is 5.94. The molecule has 0 spiro atoms. The monoisotopic (exact) mass is 307 g/mol. The lowest BCUT2D eigenvalue weighted by atomic mass is 10.0. The Labute approximate surface area is 134 Å². The third-order valence-electron chi connectivity index (χ3n) is 3.49. The number of amides is 1. The summed E-state index contributed by atoms with van der Waals surface area (Å²) in [5, 5.41) is 0. The lowest BCUT2D eigenvalue weighted by Crippen LogP contribution is -2.21. The summed E-state index contributed by atoms with van der Waals surface area (Å²) >= 11 is 0. The Morgan fingerprint density at radius 2 is 1.91 bits per heavy atom. The van der Waals surface area contributed by atoms with Gasteiger partial charge in [-0.2, -0.15) is 0 Å². The number of carbonyl (C=O) groups is 1. The molecule has 2 heterocycles. The van der Waals surface area contributed by atoms with Crippen LogP contribution in [0.2, 0.25) is 0 Å². The predicted octanol–water partition coefficient (Wildman–Crippen LogP) is 2.42. The highest BCUT2D eigenvalue weighted by Gasteiger charge is 2.15. The summed E-state index contributed by atoms with van der Waals surface area (Å²) in [6.45, 7) is 0. The van der Waals surface area contributed by atoms with Crippen LogP contribution in [0.5, 0.6) is 0 Å². The van der Waals surface area contributed by atoms with Crippen molar-refractivity contribution in [2.45, 2.75) is 0 Å². The Bertz CT molecular complexity index is 839. The maximum Gasteiger partial charge on any atom is 0.269 e. The molecule has 0 radical (unpaired) electrons. The second kappa shape index (κ2) is 5.92. The van der Waals surface area contributed by atoms with E-state index in [9.17, 15) is 4.79 Å². The SMILES string of the molecule is CN(C)C(=O)c1cc(-c2nc(N)ncc2-c2ccccc2)c[nH]1. The number of hydrogen-bond acceptors (Lipinski definition) is 4. The van der Waals surface area contributed by atoms with Crippen molar-refractivity contribution in [2.24, 2.45) is 0 Å². The molecular weight excluding hydrogens is 290 g/mol. The summed E-state index contributed by atoms with van der Waals surface area (Å²) in [6, 6.07) is 11.6. The molecule has 23 heavy (non-hydrogen) atoms. The first-order chi connectivity index (χ1) is 11.1. The Balaban J connectivity index is 2.10. The van der Waals surface area contributed by atoms with E-state index in [2.05, 4.69) is 15.0 Å². The summed E-state index contributed by atoms with van der Waals surface area (Å²) in [6.07, 6.45) is 3.46. The van der Waals surface area contributed by atoms with Gasteiger partial charge in [-0.25, -0.2) is 9.97 Å². The van der Waals surface area contributed by atoms with E-state index < -0.39 is 0 Å². The van der Waals surface area contributed by atoms with Gasteiger partial charge in [0.2, 0.25) is 5.95 Å². The Morgan fingerprint density at radius 3 is 2.61 bits per heavy atom. The highest BCUT2D eigenvalue weighted by Crippen LogP contribution is 2.30. The smallest absolute Gasteiger partial charge is 0.269 e. The maximum atomic E-state index is 12.0. The Morgan fingerprint density at radius 1 is 1.17 bits per heavy atom. The van der Waals surface area contributed by atoms with Gasteiger partial charge in [0.1, 0.15) is 5.69 Å². The molecule has 6 heteroatoms. The quantitative estimate of drug-likeness (QED) is 0.778. The molecule has 0 atom stereocenters. The van der Waals surface area contributed by atoms with Crippen molar-refractivity contribution in [1.29, 1.82) is 0 Å². The molecule has 116 valence electrons. The van der Waals surface area contributed by atoms with Gasteiger partial charge in [-0.3, -0.25) is 4.79 Å². The normalized spacial score (nSPS) is 10.5. The first kappa shape index (κ1) is 14.8. The number of carbonyl (C=O) groups excluding carboxylic acids is 1. The summed E-state index contributed by atoms with van der Waals surface area (Å²) in [5.41, 5.74) is 9.59. The molecule has 3 rings (SSSR count). The molecule has 3 aromatic rings. The van der Waals surface area contributed by atoms with Gasteiger partial charge in [-0.15, -0.1) is 0 Å². The zero-order chi connectivity index (χ0) is 16.4. The summed E-state index contributed by atoms with van der Waals surface area (Å²) in [7, 11) is 3.42. The molecule has 0 aliphatic carbocycles. The predicted molar refractivity (Wildman–Crippen MR) is 89.7 cm³/mol. The van der Waals surface area contributed by atoms with E-state index in [1.165, 1.54) is 4.90 Å². The number of nitrogens with zero attached hydrogens (tertiary/aromatic N) is 3. The number of anilines is 1. The number of nitrogens with one attached hydrogen (secondary N) is 1. The molecule has 3 N–H and O–H groups in total. The lowest BCUT2D eigenvalue weighted by Gasteiger charge is -2.08. The highest BCUT2D eigenvalue weighted by atomic mass is 16.2. The van der Waals surface area contributed by atoms with Gasteiger partial charge in [0, 0.05) is 37.6 Å². The van der Waals surface area contributed by atoms with Crippen molar-refractivity contribution >= 4 is 11.9 Å². The van der Waals surface area contributed by atoms with Gasteiger partial charge < -0.3 is 15.6 Å². The van der Waals surface area contributed by atoms with Crippen LogP contribution in [-0.4, -0.2) is 39.9 Å². The van der Waals surface area contributed by atoms with E-state index in [1.54, 1.807) is 32.6 Å². The second-order valence-corrected chi connectivity index (χ2v) is 5.36. The van der Waals surface area contributed by atoms with Crippen molar-refractivity contribution in [3.63, 3.8) is 0 Å². The molecule has 0 fully saturated rings. The minimum absolute atomic E-state index is 0.0976. The van der Waals surface area contributed by atoms with E-state index in [0.717, 1.165) is 16.7 Å². The standard InChI is InChI=1S/C17H17N5O/c1-22(2)16(23)14-8-12(9-19-14)15-13(10-20-17(18)21-15)11-6-4-3-5-7-11/h3-10,19H,1-2H3,(H2,18,20,21). The van der Waals surface area contributed by atoms with Crippen LogP contribution in [0.15, 0.2) is 48.8 Å². The molecule has 0 aliphatic rings. The van der Waals surface area contributed by atoms with Crippen molar-refractivity contribution in [3.8, 4) is 22.4 Å². The average Bonchev–Trinajstić information content (AvgIpc) is 3.04. The Kier molecular flexibility index (Phi) is 3.80. The van der Waals surface area contributed by atoms with Crippen molar-refractivity contribution in [3.05, 3.63) is 54.5 Å². The minimum Gasteiger partial charge on any atom is -0.368 e. The number of rotatable bonds is 3. The van der Waals surface area contributed by atoms with Crippen LogP contribution in [0.4, 0.5) is 5.95 Å². The van der Waals surface area contributed by atoms with E-state index >= 15 is 0 Å². The second-order valence-electron chi connectivity index (χ2n) is 5.36. The first-order valence-electron chi connectivity index (χ1n) is 7.14. The number of nitrogens with two attached hydrogens (primary N) is 1. The average molecular weight is 307 g/mol. The van der Waals surface area contributed by atoms with Gasteiger partial charge in [0.05, 0.1) is 5.69 Å². The maximum absolute atomic E-state index is 12.0. The zero-order valence-corrected chi connectivity index (χ0v) is 12.9. The van der Waals surface area contributed by atoms with Crippen molar-refractivity contribution < 1.29 is 4.79 Å². The van der Waals surface area contributed by atoms with Crippen LogP contribution < -0.4 is 5.73 Å². The number of aromatic amines is 1. The van der Waals surface area contributed by atoms with Gasteiger partial charge in [-0.1, -0.05) is 30.3 Å². The topological polar surface area (TPSA) is 87.9 Å². The zero-order valence-electron chi connectivity index (χ0n) is 12.9. The van der Waals surface area contributed by atoms with E-state index in [-0.39, 0.29) is 11.9 Å². The van der Waals surface area contributed by atoms with Crippen LogP contribution in [0.3, 0.4) is 0 Å². The molecule has 0 aliphatic heterocycles. The summed E-state index contributed by atoms with van der Waals surface area (Å²) < 4.78 is 0. The molecule has 0 saturated carbocycles. The van der Waals surface area contributed by atoms with Crippen molar-refractivity contribution in [2.75, 3.05) is 19.8 Å². The van der Waals surface area contributed by atoms with Gasteiger partial charge in [-0.05, 0) is 11.6 Å². The number of nitrogen functional groups attached to an aromatic ring is 1.